The SMILES string of the molecule is CCc1cnc(CNC(=NC)N2CCN(CC(=O)NCCOC)CC2)s1. The summed E-state index contributed by atoms with van der Waals surface area (Å²) in [5.41, 5.74) is 0. The Morgan fingerprint density at radius 2 is 2.12 bits per heavy atom. The smallest absolute Gasteiger partial charge is 0.234 e. The lowest BCUT2D eigenvalue weighted by atomic mass is 10.3. The summed E-state index contributed by atoms with van der Waals surface area (Å²) in [5, 5.41) is 7.33. The van der Waals surface area contributed by atoms with E-state index in [1.54, 1.807) is 25.5 Å². The van der Waals surface area contributed by atoms with Gasteiger partial charge in [0.1, 0.15) is 5.01 Å². The number of hydrogen-bond donors (Lipinski definition) is 2. The predicted molar refractivity (Wildman–Crippen MR) is 105 cm³/mol. The van der Waals surface area contributed by atoms with E-state index < -0.39 is 0 Å². The molecule has 1 aromatic rings. The molecule has 2 rings (SSSR count). The molecular formula is C17H30N6O2S. The van der Waals surface area contributed by atoms with Crippen LogP contribution >= 0.6 is 11.3 Å². The minimum atomic E-state index is 0.0495. The molecule has 0 spiro atoms. The topological polar surface area (TPSA) is 82.1 Å². The molecule has 2 N–H and O–H groups in total. The zero-order valence-electron chi connectivity index (χ0n) is 16.0. The van der Waals surface area contributed by atoms with Crippen LogP contribution < -0.4 is 10.6 Å². The average molecular weight is 383 g/mol. The van der Waals surface area contributed by atoms with E-state index in [9.17, 15) is 4.79 Å². The standard InChI is InChI=1S/C17H30N6O2S/c1-4-14-11-20-16(26-14)12-21-17(18-2)23-8-6-22(7-9-23)13-15(24)19-5-10-25-3/h11H,4-10,12-13H2,1-3H3,(H,18,21)(H,19,24). The summed E-state index contributed by atoms with van der Waals surface area (Å²) in [5.74, 6) is 0.941. The second-order valence-electron chi connectivity index (χ2n) is 6.08. The van der Waals surface area contributed by atoms with Crippen molar-refractivity contribution in [2.45, 2.75) is 19.9 Å². The number of thiazole rings is 1. The summed E-state index contributed by atoms with van der Waals surface area (Å²) >= 11 is 1.74. The van der Waals surface area contributed by atoms with Gasteiger partial charge in [-0.2, -0.15) is 0 Å². The van der Waals surface area contributed by atoms with Gasteiger partial charge in [0.05, 0.1) is 19.7 Å². The van der Waals surface area contributed by atoms with Gasteiger partial charge < -0.3 is 20.3 Å². The molecule has 1 amide bonds. The second kappa shape index (κ2) is 11.1. The van der Waals surface area contributed by atoms with Crippen LogP contribution in [0.3, 0.4) is 0 Å². The Hall–Kier alpha value is -1.71. The zero-order valence-corrected chi connectivity index (χ0v) is 16.8. The molecular weight excluding hydrogens is 352 g/mol. The molecule has 26 heavy (non-hydrogen) atoms. The normalized spacial score (nSPS) is 16.0. The van der Waals surface area contributed by atoms with Crippen molar-refractivity contribution < 1.29 is 9.53 Å². The minimum Gasteiger partial charge on any atom is -0.383 e. The van der Waals surface area contributed by atoms with Gasteiger partial charge in [0.25, 0.3) is 0 Å². The van der Waals surface area contributed by atoms with E-state index in [0.717, 1.165) is 43.6 Å². The number of nitrogens with zero attached hydrogens (tertiary/aromatic N) is 4. The molecule has 0 saturated carbocycles. The fraction of sp³-hybridized carbons (Fsp3) is 0.706. The van der Waals surface area contributed by atoms with Gasteiger partial charge in [0, 0.05) is 58.0 Å². The highest BCUT2D eigenvalue weighted by atomic mass is 32.1. The van der Waals surface area contributed by atoms with Crippen LogP contribution in [-0.2, 0) is 22.5 Å². The number of ether oxygens (including phenoxy) is 1. The first-order valence-corrected chi connectivity index (χ1v) is 9.85. The highest BCUT2D eigenvalue weighted by molar-refractivity contribution is 7.11. The van der Waals surface area contributed by atoms with Crippen molar-refractivity contribution in [1.29, 1.82) is 0 Å². The van der Waals surface area contributed by atoms with Gasteiger partial charge in [-0.3, -0.25) is 14.7 Å². The monoisotopic (exact) mass is 382 g/mol. The molecule has 1 saturated heterocycles. The Morgan fingerprint density at radius 3 is 2.73 bits per heavy atom. The summed E-state index contributed by atoms with van der Waals surface area (Å²) in [6, 6.07) is 0. The molecule has 146 valence electrons. The molecule has 0 atom stereocenters. The Kier molecular flexibility index (Phi) is 8.79. The van der Waals surface area contributed by atoms with Gasteiger partial charge in [0.15, 0.2) is 5.96 Å². The van der Waals surface area contributed by atoms with Gasteiger partial charge in [-0.15, -0.1) is 11.3 Å². The first-order valence-electron chi connectivity index (χ1n) is 9.03. The van der Waals surface area contributed by atoms with Crippen LogP contribution in [0.25, 0.3) is 0 Å². The van der Waals surface area contributed by atoms with Crippen molar-refractivity contribution in [3.05, 3.63) is 16.1 Å². The number of guanidine groups is 1. The highest BCUT2D eigenvalue weighted by Crippen LogP contribution is 2.13. The van der Waals surface area contributed by atoms with Crippen LogP contribution in [-0.4, -0.2) is 86.7 Å². The maximum Gasteiger partial charge on any atom is 0.234 e. The fourth-order valence-corrected chi connectivity index (χ4v) is 3.55. The van der Waals surface area contributed by atoms with Crippen molar-refractivity contribution in [3.63, 3.8) is 0 Å². The maximum atomic E-state index is 11.9. The molecule has 9 heteroatoms. The lowest BCUT2D eigenvalue weighted by Crippen LogP contribution is -2.54. The van der Waals surface area contributed by atoms with Crippen LogP contribution in [0, 0.1) is 0 Å². The third-order valence-electron chi connectivity index (χ3n) is 4.23. The van der Waals surface area contributed by atoms with Crippen molar-refractivity contribution in [2.75, 3.05) is 60.0 Å². The predicted octanol–water partition coefficient (Wildman–Crippen LogP) is 0.161. The molecule has 0 bridgehead atoms. The van der Waals surface area contributed by atoms with E-state index in [1.165, 1.54) is 4.88 Å². The molecule has 1 aromatic heterocycles. The quantitative estimate of drug-likeness (QED) is 0.379. The Morgan fingerprint density at radius 1 is 1.35 bits per heavy atom. The first-order chi connectivity index (χ1) is 12.7. The van der Waals surface area contributed by atoms with Gasteiger partial charge >= 0.3 is 0 Å². The van der Waals surface area contributed by atoms with Crippen molar-refractivity contribution >= 4 is 23.2 Å². The van der Waals surface area contributed by atoms with E-state index in [0.29, 0.717) is 26.2 Å². The molecule has 0 aromatic carbocycles. The number of aromatic nitrogens is 1. The molecule has 0 aliphatic carbocycles. The Labute approximate surface area is 159 Å². The molecule has 8 nitrogen and oxygen atoms in total. The first kappa shape index (κ1) is 20.6. The number of carbonyl (C=O) groups is 1. The van der Waals surface area contributed by atoms with Crippen molar-refractivity contribution in [2.24, 2.45) is 4.99 Å². The Bertz CT molecular complexity index is 584. The number of aliphatic imine (C=N–C) groups is 1. The van der Waals surface area contributed by atoms with Crippen LogP contribution in [0.1, 0.15) is 16.8 Å². The highest BCUT2D eigenvalue weighted by Gasteiger charge is 2.21. The van der Waals surface area contributed by atoms with Crippen molar-refractivity contribution in [1.82, 2.24) is 25.4 Å². The second-order valence-corrected chi connectivity index (χ2v) is 7.28. The molecule has 2 heterocycles. The average Bonchev–Trinajstić information content (AvgIpc) is 3.12. The summed E-state index contributed by atoms with van der Waals surface area (Å²) in [7, 11) is 3.43. The molecule has 1 aliphatic rings. The van der Waals surface area contributed by atoms with E-state index in [4.69, 9.17) is 4.74 Å². The van der Waals surface area contributed by atoms with Crippen LogP contribution in [0.5, 0.6) is 0 Å². The van der Waals surface area contributed by atoms with E-state index >= 15 is 0 Å². The third kappa shape index (κ3) is 6.54. The maximum absolute atomic E-state index is 11.9. The summed E-state index contributed by atoms with van der Waals surface area (Å²) in [6.07, 6.45) is 2.97. The molecule has 1 fully saturated rings. The number of carbonyl (C=O) groups excluding carboxylic acids is 1. The number of hydrogen-bond acceptors (Lipinski definition) is 6. The molecule has 1 aliphatic heterocycles. The van der Waals surface area contributed by atoms with Crippen molar-refractivity contribution in [3.8, 4) is 0 Å². The largest absolute Gasteiger partial charge is 0.383 e. The van der Waals surface area contributed by atoms with Crippen LogP contribution in [0.2, 0.25) is 0 Å². The summed E-state index contributed by atoms with van der Waals surface area (Å²) in [4.78, 5) is 26.4. The van der Waals surface area contributed by atoms with Crippen LogP contribution in [0.15, 0.2) is 11.2 Å². The number of methoxy groups -OCH3 is 1. The number of piperazine rings is 1. The van der Waals surface area contributed by atoms with Gasteiger partial charge in [-0.1, -0.05) is 6.92 Å². The van der Waals surface area contributed by atoms with E-state index in [-0.39, 0.29) is 5.91 Å². The number of rotatable bonds is 8. The number of aryl methyl sites for hydroxylation is 1. The van der Waals surface area contributed by atoms with Gasteiger partial charge in [0.2, 0.25) is 5.91 Å². The Balaban J connectivity index is 1.72. The minimum absolute atomic E-state index is 0.0495. The fourth-order valence-electron chi connectivity index (χ4n) is 2.75. The third-order valence-corrected chi connectivity index (χ3v) is 5.37. The molecule has 0 unspecified atom stereocenters. The van der Waals surface area contributed by atoms with Gasteiger partial charge in [-0.25, -0.2) is 4.98 Å². The summed E-state index contributed by atoms with van der Waals surface area (Å²) < 4.78 is 4.94. The number of amides is 1. The summed E-state index contributed by atoms with van der Waals surface area (Å²) in [6.45, 7) is 7.75. The van der Waals surface area contributed by atoms with E-state index in [2.05, 4.69) is 37.3 Å². The van der Waals surface area contributed by atoms with Crippen LogP contribution in [0.4, 0.5) is 0 Å². The number of nitrogens with one attached hydrogen (secondary N) is 2. The lowest BCUT2D eigenvalue weighted by Gasteiger charge is -2.36. The molecule has 0 radical (unpaired) electrons. The zero-order chi connectivity index (χ0) is 18.8. The van der Waals surface area contributed by atoms with E-state index in [1.807, 2.05) is 6.20 Å². The lowest BCUT2D eigenvalue weighted by molar-refractivity contribution is -0.122. The van der Waals surface area contributed by atoms with Gasteiger partial charge in [-0.05, 0) is 6.42 Å².